The fraction of sp³-hybridized carbons (Fsp3) is 0.643. The molecule has 0 saturated carbocycles. The van der Waals surface area contributed by atoms with Crippen LogP contribution in [0.15, 0.2) is 24.5 Å². The van der Waals surface area contributed by atoms with E-state index in [0.29, 0.717) is 5.54 Å². The van der Waals surface area contributed by atoms with Crippen molar-refractivity contribution in [3.05, 3.63) is 30.1 Å². The Morgan fingerprint density at radius 2 is 2.29 bits per heavy atom. The molecule has 3 rings (SSSR count). The van der Waals surface area contributed by atoms with E-state index in [9.17, 15) is 0 Å². The van der Waals surface area contributed by atoms with Gasteiger partial charge in [0.2, 0.25) is 0 Å². The first-order valence-electron chi connectivity index (χ1n) is 6.74. The smallest absolute Gasteiger partial charge is 0.0338 e. The summed E-state index contributed by atoms with van der Waals surface area (Å²) >= 11 is 0. The lowest BCUT2D eigenvalue weighted by molar-refractivity contribution is 0.0981. The van der Waals surface area contributed by atoms with Crippen molar-refractivity contribution in [2.75, 3.05) is 19.6 Å². The Balaban J connectivity index is 1.73. The third-order valence-electron chi connectivity index (χ3n) is 4.29. The molecule has 2 aliphatic heterocycles. The van der Waals surface area contributed by atoms with Gasteiger partial charge in [0.25, 0.3) is 0 Å². The van der Waals surface area contributed by atoms with Crippen LogP contribution in [-0.4, -0.2) is 35.1 Å². The highest BCUT2D eigenvalue weighted by atomic mass is 15.2. The minimum absolute atomic E-state index is 0.439. The summed E-state index contributed by atoms with van der Waals surface area (Å²) in [6, 6.07) is 4.23. The second kappa shape index (κ2) is 4.75. The van der Waals surface area contributed by atoms with Gasteiger partial charge >= 0.3 is 0 Å². The van der Waals surface area contributed by atoms with Gasteiger partial charge in [0.1, 0.15) is 0 Å². The molecular weight excluding hydrogens is 210 g/mol. The van der Waals surface area contributed by atoms with Gasteiger partial charge in [-0.2, -0.15) is 0 Å². The maximum atomic E-state index is 4.22. The lowest BCUT2D eigenvalue weighted by Gasteiger charge is -2.42. The number of hydrogen-bond acceptors (Lipinski definition) is 3. The summed E-state index contributed by atoms with van der Waals surface area (Å²) in [6.45, 7) is 4.68. The van der Waals surface area contributed by atoms with E-state index in [-0.39, 0.29) is 0 Å². The third-order valence-corrected chi connectivity index (χ3v) is 4.29. The Kier molecular flexibility index (Phi) is 3.12. The zero-order valence-electron chi connectivity index (χ0n) is 10.4. The summed E-state index contributed by atoms with van der Waals surface area (Å²) in [5.41, 5.74) is 1.79. The number of piperidine rings is 1. The van der Waals surface area contributed by atoms with Gasteiger partial charge in [0, 0.05) is 31.0 Å². The highest BCUT2D eigenvalue weighted by Gasteiger charge is 2.41. The number of likely N-dealkylation sites (tertiary alicyclic amines) is 1. The van der Waals surface area contributed by atoms with Crippen molar-refractivity contribution in [2.45, 2.75) is 37.8 Å². The zero-order valence-corrected chi connectivity index (χ0v) is 10.4. The predicted molar refractivity (Wildman–Crippen MR) is 68.7 cm³/mol. The molecule has 1 atom stereocenters. The first-order chi connectivity index (χ1) is 8.39. The van der Waals surface area contributed by atoms with Gasteiger partial charge in [-0.3, -0.25) is 9.88 Å². The molecule has 92 valence electrons. The Hall–Kier alpha value is -0.930. The molecule has 2 fully saturated rings. The fourth-order valence-corrected chi connectivity index (χ4v) is 3.39. The minimum atomic E-state index is 0.439. The summed E-state index contributed by atoms with van der Waals surface area (Å²) in [4.78, 5) is 6.89. The molecule has 1 N–H and O–H groups in total. The van der Waals surface area contributed by atoms with Crippen molar-refractivity contribution in [2.24, 2.45) is 0 Å². The van der Waals surface area contributed by atoms with E-state index in [0.717, 1.165) is 6.54 Å². The highest BCUT2D eigenvalue weighted by Crippen LogP contribution is 2.35. The average molecular weight is 231 g/mol. The summed E-state index contributed by atoms with van der Waals surface area (Å²) in [7, 11) is 0. The monoisotopic (exact) mass is 231 g/mol. The largest absolute Gasteiger partial charge is 0.315 e. The molecule has 1 aromatic rings. The van der Waals surface area contributed by atoms with Crippen molar-refractivity contribution in [3.63, 3.8) is 0 Å². The molecule has 1 unspecified atom stereocenters. The van der Waals surface area contributed by atoms with Crippen molar-refractivity contribution in [3.8, 4) is 0 Å². The van der Waals surface area contributed by atoms with Gasteiger partial charge in [-0.1, -0.05) is 6.07 Å². The van der Waals surface area contributed by atoms with Crippen LogP contribution >= 0.6 is 0 Å². The summed E-state index contributed by atoms with van der Waals surface area (Å²) in [6.07, 6.45) is 9.25. The van der Waals surface area contributed by atoms with Crippen LogP contribution in [0.3, 0.4) is 0 Å². The normalized spacial score (nSPS) is 29.9. The maximum Gasteiger partial charge on any atom is 0.0338 e. The minimum Gasteiger partial charge on any atom is -0.315 e. The Morgan fingerprint density at radius 3 is 3.06 bits per heavy atom. The fourth-order valence-electron chi connectivity index (χ4n) is 3.39. The molecule has 1 aromatic heterocycles. The van der Waals surface area contributed by atoms with E-state index < -0.39 is 0 Å². The van der Waals surface area contributed by atoms with Crippen LogP contribution in [0, 0.1) is 0 Å². The van der Waals surface area contributed by atoms with E-state index >= 15 is 0 Å². The molecule has 3 heteroatoms. The van der Waals surface area contributed by atoms with Gasteiger partial charge in [-0.15, -0.1) is 0 Å². The molecule has 0 amide bonds. The maximum absolute atomic E-state index is 4.22. The molecule has 0 aromatic carbocycles. The predicted octanol–water partition coefficient (Wildman–Crippen LogP) is 1.80. The van der Waals surface area contributed by atoms with Gasteiger partial charge in [-0.05, 0) is 50.4 Å². The first kappa shape index (κ1) is 11.2. The summed E-state index contributed by atoms with van der Waals surface area (Å²) in [5, 5.41) is 3.58. The molecule has 2 saturated heterocycles. The van der Waals surface area contributed by atoms with Crippen molar-refractivity contribution in [1.29, 1.82) is 0 Å². The number of pyridine rings is 1. The summed E-state index contributed by atoms with van der Waals surface area (Å²) < 4.78 is 0. The molecule has 1 spiro atoms. The van der Waals surface area contributed by atoms with Crippen LogP contribution < -0.4 is 5.32 Å². The van der Waals surface area contributed by atoms with Crippen LogP contribution in [0.2, 0.25) is 0 Å². The van der Waals surface area contributed by atoms with E-state index in [2.05, 4.69) is 21.3 Å². The molecule has 3 heterocycles. The molecule has 3 nitrogen and oxygen atoms in total. The van der Waals surface area contributed by atoms with E-state index in [1.165, 1.54) is 50.9 Å². The van der Waals surface area contributed by atoms with E-state index in [1.807, 2.05) is 18.5 Å². The number of hydrogen-bond donors (Lipinski definition) is 1. The molecule has 0 radical (unpaired) electrons. The van der Waals surface area contributed by atoms with Gasteiger partial charge in [0.15, 0.2) is 0 Å². The molecular formula is C14H21N3. The van der Waals surface area contributed by atoms with Crippen LogP contribution in [-0.2, 0) is 6.54 Å². The lowest BCUT2D eigenvalue weighted by Crippen LogP contribution is -2.53. The summed E-state index contributed by atoms with van der Waals surface area (Å²) in [5.74, 6) is 0. The molecule has 17 heavy (non-hydrogen) atoms. The van der Waals surface area contributed by atoms with Crippen LogP contribution in [0.4, 0.5) is 0 Å². The standard InChI is InChI=1S/C14H21N3/c1-4-13(10-15-7-1)11-17-9-3-6-14(17)5-2-8-16-12-14/h1,4,7,10,16H,2-3,5-6,8-9,11-12H2. The molecule has 0 bridgehead atoms. The average Bonchev–Trinajstić information content (AvgIpc) is 2.74. The molecule has 2 aliphatic rings. The van der Waals surface area contributed by atoms with Gasteiger partial charge in [-0.25, -0.2) is 0 Å². The van der Waals surface area contributed by atoms with E-state index in [4.69, 9.17) is 0 Å². The van der Waals surface area contributed by atoms with Crippen molar-refractivity contribution < 1.29 is 0 Å². The quantitative estimate of drug-likeness (QED) is 0.841. The second-order valence-corrected chi connectivity index (χ2v) is 5.39. The van der Waals surface area contributed by atoms with Crippen LogP contribution in [0.5, 0.6) is 0 Å². The third kappa shape index (κ3) is 2.22. The van der Waals surface area contributed by atoms with Crippen molar-refractivity contribution >= 4 is 0 Å². The number of rotatable bonds is 2. The van der Waals surface area contributed by atoms with Crippen molar-refractivity contribution in [1.82, 2.24) is 15.2 Å². The highest BCUT2D eigenvalue weighted by molar-refractivity contribution is 5.11. The van der Waals surface area contributed by atoms with Crippen LogP contribution in [0.25, 0.3) is 0 Å². The number of nitrogens with one attached hydrogen (secondary N) is 1. The van der Waals surface area contributed by atoms with Gasteiger partial charge in [0.05, 0.1) is 0 Å². The Morgan fingerprint density at radius 1 is 1.35 bits per heavy atom. The van der Waals surface area contributed by atoms with Crippen LogP contribution in [0.1, 0.15) is 31.2 Å². The number of aromatic nitrogens is 1. The van der Waals surface area contributed by atoms with E-state index in [1.54, 1.807) is 0 Å². The molecule has 0 aliphatic carbocycles. The Bertz CT molecular complexity index is 357. The lowest BCUT2D eigenvalue weighted by atomic mass is 9.87. The SMILES string of the molecule is c1cncc(CN2CCCC23CCCNC3)c1. The number of nitrogens with zero attached hydrogens (tertiary/aromatic N) is 2. The van der Waals surface area contributed by atoms with Gasteiger partial charge < -0.3 is 5.32 Å². The zero-order chi connectivity index (χ0) is 11.6. The second-order valence-electron chi connectivity index (χ2n) is 5.39. The first-order valence-corrected chi connectivity index (χ1v) is 6.74. The topological polar surface area (TPSA) is 28.2 Å². The Labute approximate surface area is 103 Å².